The number of carbonyl (C=O) groups excluding carboxylic acids is 3. The predicted octanol–water partition coefficient (Wildman–Crippen LogP) is 4.97. The van der Waals surface area contributed by atoms with Gasteiger partial charge in [0.25, 0.3) is 11.8 Å². The van der Waals surface area contributed by atoms with E-state index in [1.165, 1.54) is 16.2 Å². The van der Waals surface area contributed by atoms with Crippen LogP contribution in [-0.4, -0.2) is 61.2 Å². The van der Waals surface area contributed by atoms with Crippen molar-refractivity contribution in [1.29, 1.82) is 10.8 Å². The minimum Gasteiger partial charge on any atom is -0.345 e. The summed E-state index contributed by atoms with van der Waals surface area (Å²) in [6.07, 6.45) is 2.68. The van der Waals surface area contributed by atoms with Gasteiger partial charge < -0.3 is 30.9 Å². The minimum atomic E-state index is -0.480. The molecule has 0 atom stereocenters. The minimum absolute atomic E-state index is 0.0202. The number of nitrogens with zero attached hydrogens (tertiary/aromatic N) is 2. The number of rotatable bonds is 8. The molecule has 0 bridgehead atoms. The first-order chi connectivity index (χ1) is 16.9. The van der Waals surface area contributed by atoms with Crippen LogP contribution in [0.4, 0.5) is 11.5 Å². The molecule has 9 nitrogen and oxygen atoms in total. The number of aromatic nitrogens is 1. The molecule has 3 amide bonds. The fourth-order valence-corrected chi connectivity index (χ4v) is 4.63. The van der Waals surface area contributed by atoms with Crippen molar-refractivity contribution in [2.24, 2.45) is 5.41 Å². The Morgan fingerprint density at radius 3 is 2.33 bits per heavy atom. The highest BCUT2D eigenvalue weighted by Gasteiger charge is 2.25. The van der Waals surface area contributed by atoms with Gasteiger partial charge in [0.05, 0.1) is 16.4 Å². The maximum atomic E-state index is 13.1. The van der Waals surface area contributed by atoms with Gasteiger partial charge in [0.15, 0.2) is 0 Å². The van der Waals surface area contributed by atoms with Crippen LogP contribution in [0.2, 0.25) is 0 Å². The van der Waals surface area contributed by atoms with Gasteiger partial charge in [0, 0.05) is 61.5 Å². The Kier molecular flexibility index (Phi) is 7.78. The molecule has 36 heavy (non-hydrogen) atoms. The first-order valence-corrected chi connectivity index (χ1v) is 12.2. The number of amides is 3. The summed E-state index contributed by atoms with van der Waals surface area (Å²) in [5.41, 5.74) is 1.46. The summed E-state index contributed by atoms with van der Waals surface area (Å²) in [6, 6.07) is 8.71. The average Bonchev–Trinajstić information content (AvgIpc) is 3.42. The molecule has 3 rings (SSSR count). The maximum absolute atomic E-state index is 13.1. The van der Waals surface area contributed by atoms with Crippen LogP contribution < -0.4 is 10.2 Å². The smallest absolute Gasteiger partial charge is 0.266 e. The van der Waals surface area contributed by atoms with Crippen molar-refractivity contribution in [1.82, 2.24) is 9.88 Å². The largest absolute Gasteiger partial charge is 0.345 e. The van der Waals surface area contributed by atoms with E-state index in [0.717, 1.165) is 12.4 Å². The van der Waals surface area contributed by atoms with Gasteiger partial charge in [-0.15, -0.1) is 11.3 Å². The van der Waals surface area contributed by atoms with Crippen molar-refractivity contribution >= 4 is 63.9 Å². The van der Waals surface area contributed by atoms with Crippen LogP contribution >= 0.6 is 11.3 Å². The lowest BCUT2D eigenvalue weighted by molar-refractivity contribution is -0.120. The van der Waals surface area contributed by atoms with Gasteiger partial charge in [-0.3, -0.25) is 14.4 Å². The fraction of sp³-hybridized carbons (Fsp3) is 0.346. The van der Waals surface area contributed by atoms with E-state index in [-0.39, 0.29) is 23.0 Å². The molecule has 10 heteroatoms. The third-order valence-corrected chi connectivity index (χ3v) is 6.81. The number of fused-ring (bicyclic) bond motifs is 1. The highest BCUT2D eigenvalue weighted by atomic mass is 32.1. The number of H-pyrrole nitrogens is 1. The fourth-order valence-electron chi connectivity index (χ4n) is 3.69. The zero-order valence-corrected chi connectivity index (χ0v) is 22.2. The van der Waals surface area contributed by atoms with Gasteiger partial charge in [-0.2, -0.15) is 0 Å². The van der Waals surface area contributed by atoms with E-state index in [4.69, 9.17) is 10.8 Å². The molecule has 0 spiro atoms. The number of carbonyl (C=O) groups is 3. The zero-order valence-electron chi connectivity index (χ0n) is 21.4. The molecule has 0 saturated heterocycles. The van der Waals surface area contributed by atoms with Gasteiger partial charge >= 0.3 is 0 Å². The summed E-state index contributed by atoms with van der Waals surface area (Å²) < 4.78 is 0. The Labute approximate surface area is 214 Å². The highest BCUT2D eigenvalue weighted by molar-refractivity contribution is 7.14. The van der Waals surface area contributed by atoms with Crippen LogP contribution in [-0.2, 0) is 4.79 Å². The van der Waals surface area contributed by atoms with Crippen LogP contribution in [0.3, 0.4) is 0 Å². The van der Waals surface area contributed by atoms with E-state index < -0.39 is 11.8 Å². The molecule has 1 aromatic carbocycles. The van der Waals surface area contributed by atoms with Crippen molar-refractivity contribution in [2.75, 3.05) is 31.4 Å². The number of hydrogen-bond donors (Lipinski definition) is 4. The van der Waals surface area contributed by atoms with Crippen LogP contribution in [0.25, 0.3) is 10.9 Å². The van der Waals surface area contributed by atoms with Crippen molar-refractivity contribution in [2.45, 2.75) is 33.1 Å². The Morgan fingerprint density at radius 1 is 1.08 bits per heavy atom. The molecule has 0 fully saturated rings. The molecule has 2 aromatic heterocycles. The van der Waals surface area contributed by atoms with Crippen molar-refractivity contribution < 1.29 is 14.4 Å². The Bertz CT molecular complexity index is 1320. The average molecular weight is 509 g/mol. The first kappa shape index (κ1) is 26.8. The van der Waals surface area contributed by atoms with Gasteiger partial charge in [0.2, 0.25) is 5.91 Å². The van der Waals surface area contributed by atoms with Gasteiger partial charge in [-0.25, -0.2) is 0 Å². The summed E-state index contributed by atoms with van der Waals surface area (Å²) in [7, 11) is 5.00. The summed E-state index contributed by atoms with van der Waals surface area (Å²) in [5.74, 6) is -0.918. The lowest BCUT2D eigenvalue weighted by atomic mass is 9.91. The molecule has 0 aliphatic rings. The molecule has 4 N–H and O–H groups in total. The van der Waals surface area contributed by atoms with Crippen molar-refractivity contribution in [3.05, 3.63) is 45.6 Å². The topological polar surface area (TPSA) is 133 Å². The normalized spacial score (nSPS) is 12.2. The highest BCUT2D eigenvalue weighted by Crippen LogP contribution is 2.32. The number of anilines is 2. The second-order valence-corrected chi connectivity index (χ2v) is 11.1. The zero-order chi connectivity index (χ0) is 26.8. The van der Waals surface area contributed by atoms with E-state index in [1.54, 1.807) is 56.4 Å². The van der Waals surface area contributed by atoms with Crippen molar-refractivity contribution in [3.63, 3.8) is 0 Å². The number of benzene rings is 1. The number of thiophene rings is 1. The molecule has 190 valence electrons. The summed E-state index contributed by atoms with van der Waals surface area (Å²) in [6.45, 7) is 6.02. The summed E-state index contributed by atoms with van der Waals surface area (Å²) >= 11 is 1.19. The lowest BCUT2D eigenvalue weighted by Gasteiger charge is -2.23. The van der Waals surface area contributed by atoms with Crippen molar-refractivity contribution in [3.8, 4) is 0 Å². The second-order valence-electron chi connectivity index (χ2n) is 10.0. The second kappa shape index (κ2) is 10.4. The summed E-state index contributed by atoms with van der Waals surface area (Å²) in [4.78, 5) is 46.1. The van der Waals surface area contributed by atoms with E-state index in [1.807, 2.05) is 20.8 Å². The molecule has 0 aliphatic carbocycles. The van der Waals surface area contributed by atoms with Gasteiger partial charge in [-0.1, -0.05) is 20.8 Å². The molecular weight excluding hydrogens is 476 g/mol. The number of aromatic amines is 1. The SMILES string of the molecule is CN(C)C(=O)c1c(NC(=O)c2ccc(C(C=N)C=N)s2)[nH]c2cc(N(C)C(=O)CC(C)(C)C)ccc12. The molecular formula is C26H32N6O3S. The molecule has 2 heterocycles. The summed E-state index contributed by atoms with van der Waals surface area (Å²) in [5, 5.41) is 18.3. The van der Waals surface area contributed by atoms with Crippen LogP contribution in [0.15, 0.2) is 30.3 Å². The quantitative estimate of drug-likeness (QED) is 0.320. The van der Waals surface area contributed by atoms with Crippen LogP contribution in [0.1, 0.15) is 58.0 Å². The Morgan fingerprint density at radius 2 is 1.75 bits per heavy atom. The number of nitrogens with one attached hydrogen (secondary N) is 4. The standard InChI is InChI=1S/C26H32N6O3S/c1-26(2,3)12-21(33)32(6)16-7-8-17-18(11-16)29-23(22(17)25(35)31(4)5)30-24(34)20-10-9-19(36-20)15(13-27)14-28/h7-11,13-15,27-29H,12H2,1-6H3,(H,30,34). The molecule has 0 aliphatic heterocycles. The third kappa shape index (κ3) is 5.71. The molecule has 0 unspecified atom stereocenters. The molecule has 3 aromatic rings. The first-order valence-electron chi connectivity index (χ1n) is 11.4. The molecule has 0 radical (unpaired) electrons. The Hall–Kier alpha value is -3.79. The Balaban J connectivity index is 1.98. The van der Waals surface area contributed by atoms with Crippen LogP contribution in [0, 0.1) is 16.2 Å². The van der Waals surface area contributed by atoms with E-state index in [2.05, 4.69) is 10.3 Å². The monoisotopic (exact) mass is 508 g/mol. The maximum Gasteiger partial charge on any atom is 0.266 e. The number of hydrogen-bond acceptors (Lipinski definition) is 6. The van der Waals surface area contributed by atoms with Gasteiger partial charge in [-0.05, 0) is 35.7 Å². The van der Waals surface area contributed by atoms with E-state index in [0.29, 0.717) is 38.3 Å². The van der Waals surface area contributed by atoms with E-state index >= 15 is 0 Å². The van der Waals surface area contributed by atoms with Crippen LogP contribution in [0.5, 0.6) is 0 Å². The van der Waals surface area contributed by atoms with E-state index in [9.17, 15) is 14.4 Å². The predicted molar refractivity (Wildman–Crippen MR) is 146 cm³/mol. The van der Waals surface area contributed by atoms with Gasteiger partial charge in [0.1, 0.15) is 5.82 Å². The molecule has 0 saturated carbocycles. The lowest BCUT2D eigenvalue weighted by Crippen LogP contribution is -2.29. The third-order valence-electron chi connectivity index (χ3n) is 5.62.